The number of morpholine rings is 1. The van der Waals surface area contributed by atoms with Crippen LogP contribution >= 0.6 is 0 Å². The molecular weight excluding hydrogens is 641 g/mol. The van der Waals surface area contributed by atoms with Crippen molar-refractivity contribution in [3.63, 3.8) is 0 Å². The Morgan fingerprint density at radius 2 is 1.56 bits per heavy atom. The van der Waals surface area contributed by atoms with Gasteiger partial charge in [-0.15, -0.1) is 0 Å². The molecule has 1 atom stereocenters. The highest BCUT2D eigenvalue weighted by atomic mass is 32.2. The molecule has 0 aromatic heterocycles. The lowest BCUT2D eigenvalue weighted by Crippen LogP contribution is -2.45. The lowest BCUT2D eigenvalue weighted by Gasteiger charge is -2.31. The van der Waals surface area contributed by atoms with Gasteiger partial charge in [-0.3, -0.25) is 9.59 Å². The first-order valence-corrected chi connectivity index (χ1v) is 16.8. The van der Waals surface area contributed by atoms with Gasteiger partial charge < -0.3 is 29.2 Å². The molecule has 0 unspecified atom stereocenters. The Morgan fingerprint density at radius 3 is 2.29 bits per heavy atom. The molecule has 0 aliphatic carbocycles. The molecule has 0 bridgehead atoms. The highest BCUT2D eigenvalue weighted by molar-refractivity contribution is 7.89. The van der Waals surface area contributed by atoms with Gasteiger partial charge in [-0.1, -0.05) is 48.5 Å². The fraction of sp³-hybridized carbons (Fsp3) is 0.257. The average molecular weight is 676 g/mol. The fourth-order valence-corrected chi connectivity index (χ4v) is 6.83. The molecule has 4 aromatic carbocycles. The van der Waals surface area contributed by atoms with Crippen LogP contribution in [0.15, 0.2) is 102 Å². The summed E-state index contributed by atoms with van der Waals surface area (Å²) in [6, 6.07) is 24.7. The van der Waals surface area contributed by atoms with E-state index in [4.69, 9.17) is 18.9 Å². The molecule has 2 aliphatic rings. The summed E-state index contributed by atoms with van der Waals surface area (Å²) in [6.07, 6.45) is 0. The number of ether oxygens (including phenoxy) is 4. The summed E-state index contributed by atoms with van der Waals surface area (Å²) < 4.78 is 63.1. The Bertz CT molecular complexity index is 1830. The van der Waals surface area contributed by atoms with Gasteiger partial charge >= 0.3 is 0 Å². The van der Waals surface area contributed by atoms with Gasteiger partial charge in [0.25, 0.3) is 5.91 Å². The van der Waals surface area contributed by atoms with Gasteiger partial charge in [0.05, 0.1) is 18.1 Å². The number of carbonyl (C=O) groups excluding carboxylic acids is 2. The van der Waals surface area contributed by atoms with E-state index < -0.39 is 40.3 Å². The number of hydrogen-bond donors (Lipinski definition) is 1. The Hall–Kier alpha value is -4.98. The zero-order valence-electron chi connectivity index (χ0n) is 25.9. The van der Waals surface area contributed by atoms with E-state index in [0.717, 1.165) is 5.56 Å². The third kappa shape index (κ3) is 7.76. The van der Waals surface area contributed by atoms with Gasteiger partial charge in [-0.05, 0) is 65.2 Å². The maximum atomic E-state index is 13.9. The number of benzene rings is 4. The number of nitrogens with one attached hydrogen (secondary N) is 1. The third-order valence-corrected chi connectivity index (χ3v) is 9.87. The summed E-state index contributed by atoms with van der Waals surface area (Å²) in [6.45, 7) is 1.02. The van der Waals surface area contributed by atoms with Crippen LogP contribution < -0.4 is 19.5 Å². The number of rotatable bonds is 12. The maximum Gasteiger partial charge on any atom is 0.261 e. The van der Waals surface area contributed by atoms with Gasteiger partial charge in [0.15, 0.2) is 18.1 Å². The zero-order chi connectivity index (χ0) is 33.5. The number of hydrogen-bond acceptors (Lipinski definition) is 8. The molecule has 48 heavy (non-hydrogen) atoms. The van der Waals surface area contributed by atoms with Crippen LogP contribution in [0.1, 0.15) is 22.7 Å². The SMILES string of the molecule is O=C(NCc1ccc2c(c1)OCO2)[C@@H](c1ccccc1)N(Cc1ccc(F)cc1)C(=O)COc1ccc(S(=O)(=O)N2CCOCC2)cc1. The molecule has 1 fully saturated rings. The van der Waals surface area contributed by atoms with Crippen LogP contribution in [-0.4, -0.2) is 69.1 Å². The van der Waals surface area contributed by atoms with Gasteiger partial charge in [0.2, 0.25) is 22.7 Å². The van der Waals surface area contributed by atoms with Crippen LogP contribution in [0.25, 0.3) is 0 Å². The molecule has 13 heteroatoms. The molecular formula is C35H34FN3O8S. The molecule has 2 heterocycles. The minimum absolute atomic E-state index is 0.0177. The van der Waals surface area contributed by atoms with Crippen molar-refractivity contribution in [1.82, 2.24) is 14.5 Å². The van der Waals surface area contributed by atoms with E-state index in [9.17, 15) is 22.4 Å². The molecule has 0 spiro atoms. The first-order valence-electron chi connectivity index (χ1n) is 15.3. The van der Waals surface area contributed by atoms with Crippen molar-refractivity contribution in [2.24, 2.45) is 0 Å². The lowest BCUT2D eigenvalue weighted by atomic mass is 10.0. The quantitative estimate of drug-likeness (QED) is 0.239. The maximum absolute atomic E-state index is 13.9. The van der Waals surface area contributed by atoms with E-state index in [1.165, 1.54) is 45.6 Å². The topological polar surface area (TPSA) is 124 Å². The summed E-state index contributed by atoms with van der Waals surface area (Å²) in [7, 11) is -3.70. The van der Waals surface area contributed by atoms with Crippen LogP contribution in [0.5, 0.6) is 17.2 Å². The van der Waals surface area contributed by atoms with E-state index in [1.807, 2.05) is 12.1 Å². The average Bonchev–Trinajstić information content (AvgIpc) is 3.59. The minimum atomic E-state index is -3.70. The second kappa shape index (κ2) is 14.8. The molecule has 1 saturated heterocycles. The third-order valence-electron chi connectivity index (χ3n) is 7.96. The molecule has 250 valence electrons. The van der Waals surface area contributed by atoms with Crippen LogP contribution in [0.3, 0.4) is 0 Å². The standard InChI is InChI=1S/C35H34FN3O8S/c36-28-9-6-25(7-10-28)22-39(33(40)23-45-29-11-13-30(14-12-29)48(42,43)38-16-18-44-19-17-38)34(27-4-2-1-3-5-27)35(41)37-21-26-8-15-31-32(20-26)47-24-46-31/h1-15,20,34H,16-19,21-24H2,(H,37,41)/t34-/m1/s1. The first kappa shape index (κ1) is 32.9. The minimum Gasteiger partial charge on any atom is -0.484 e. The molecule has 0 radical (unpaired) electrons. The molecule has 4 aromatic rings. The van der Waals surface area contributed by atoms with Crippen LogP contribution in [0.4, 0.5) is 4.39 Å². The highest BCUT2D eigenvalue weighted by Crippen LogP contribution is 2.33. The zero-order valence-corrected chi connectivity index (χ0v) is 26.7. The van der Waals surface area contributed by atoms with Gasteiger partial charge in [-0.2, -0.15) is 4.31 Å². The monoisotopic (exact) mass is 675 g/mol. The van der Waals surface area contributed by atoms with E-state index in [-0.39, 0.29) is 43.6 Å². The molecule has 0 saturated carbocycles. The normalized spacial score (nSPS) is 15.0. The summed E-state index contributed by atoms with van der Waals surface area (Å²) >= 11 is 0. The van der Waals surface area contributed by atoms with Crippen molar-refractivity contribution in [3.8, 4) is 17.2 Å². The molecule has 1 N–H and O–H groups in total. The van der Waals surface area contributed by atoms with Crippen molar-refractivity contribution in [2.75, 3.05) is 39.7 Å². The van der Waals surface area contributed by atoms with Gasteiger partial charge in [0, 0.05) is 26.2 Å². The van der Waals surface area contributed by atoms with Crippen LogP contribution in [-0.2, 0) is 37.4 Å². The van der Waals surface area contributed by atoms with Crippen molar-refractivity contribution in [1.29, 1.82) is 0 Å². The lowest BCUT2D eigenvalue weighted by molar-refractivity contribution is -0.143. The Kier molecular flexibility index (Phi) is 10.2. The molecule has 2 aliphatic heterocycles. The Balaban J connectivity index is 1.21. The summed E-state index contributed by atoms with van der Waals surface area (Å²) in [5, 5.41) is 2.94. The number of halogens is 1. The van der Waals surface area contributed by atoms with Crippen LogP contribution in [0, 0.1) is 5.82 Å². The number of sulfonamides is 1. The second-order valence-electron chi connectivity index (χ2n) is 11.1. The molecule has 6 rings (SSSR count). The van der Waals surface area contributed by atoms with Crippen molar-refractivity contribution in [2.45, 2.75) is 24.0 Å². The van der Waals surface area contributed by atoms with Gasteiger partial charge in [0.1, 0.15) is 17.6 Å². The molecule has 11 nitrogen and oxygen atoms in total. The van der Waals surface area contributed by atoms with Crippen molar-refractivity contribution < 1.29 is 41.3 Å². The predicted octanol–water partition coefficient (Wildman–Crippen LogP) is 4.04. The predicted molar refractivity (Wildman–Crippen MR) is 172 cm³/mol. The molecule has 2 amide bonds. The summed E-state index contributed by atoms with van der Waals surface area (Å²) in [5.74, 6) is 0.0908. The number of amides is 2. The van der Waals surface area contributed by atoms with Crippen molar-refractivity contribution >= 4 is 21.8 Å². The summed E-state index contributed by atoms with van der Waals surface area (Å²) in [5.41, 5.74) is 1.94. The van der Waals surface area contributed by atoms with E-state index in [0.29, 0.717) is 35.8 Å². The largest absolute Gasteiger partial charge is 0.484 e. The first-order chi connectivity index (χ1) is 23.3. The Morgan fingerprint density at radius 1 is 0.875 bits per heavy atom. The smallest absolute Gasteiger partial charge is 0.261 e. The van der Waals surface area contributed by atoms with Crippen LogP contribution in [0.2, 0.25) is 0 Å². The van der Waals surface area contributed by atoms with E-state index in [2.05, 4.69) is 5.32 Å². The highest BCUT2D eigenvalue weighted by Gasteiger charge is 2.32. The van der Waals surface area contributed by atoms with Gasteiger partial charge in [-0.25, -0.2) is 12.8 Å². The number of carbonyl (C=O) groups is 2. The van der Waals surface area contributed by atoms with E-state index in [1.54, 1.807) is 48.5 Å². The Labute approximate surface area is 277 Å². The number of nitrogens with zero attached hydrogens (tertiary/aromatic N) is 2. The second-order valence-corrected chi connectivity index (χ2v) is 13.1. The van der Waals surface area contributed by atoms with Crippen molar-refractivity contribution in [3.05, 3.63) is 120 Å². The summed E-state index contributed by atoms with van der Waals surface area (Å²) in [4.78, 5) is 29.4. The van der Waals surface area contributed by atoms with E-state index >= 15 is 0 Å². The fourth-order valence-electron chi connectivity index (χ4n) is 5.43. The number of fused-ring (bicyclic) bond motifs is 1.